The smallest absolute Gasteiger partial charge is 0.124 e. The predicted octanol–water partition coefficient (Wildman–Crippen LogP) is 12.3. The van der Waals surface area contributed by atoms with E-state index in [1.54, 1.807) is 11.3 Å². The number of fused-ring (bicyclic) bond motifs is 8. The summed E-state index contributed by atoms with van der Waals surface area (Å²) >= 11 is 1.77. The van der Waals surface area contributed by atoms with Gasteiger partial charge in [-0.05, 0) is 75.3 Å². The molecule has 0 amide bonds. The van der Waals surface area contributed by atoms with Crippen molar-refractivity contribution in [1.29, 1.82) is 0 Å². The minimum atomic E-state index is -0.0708. The van der Waals surface area contributed by atoms with Crippen LogP contribution < -0.4 is 10.6 Å². The molecule has 3 heterocycles. The van der Waals surface area contributed by atoms with Crippen LogP contribution in [0.4, 0.5) is 0 Å². The number of benzene rings is 8. The Morgan fingerprint density at radius 2 is 1.24 bits per heavy atom. The van der Waals surface area contributed by atoms with E-state index in [9.17, 15) is 0 Å². The quantitative estimate of drug-likeness (QED) is 0.175. The fourth-order valence-electron chi connectivity index (χ4n) is 8.29. The van der Waals surface area contributed by atoms with Crippen molar-refractivity contribution in [2.75, 3.05) is 0 Å². The topological polar surface area (TPSA) is 41.9 Å². The van der Waals surface area contributed by atoms with Crippen LogP contribution in [0, 0.1) is 0 Å². The molecule has 5 heteroatoms. The number of hydrogen-bond acceptors (Lipinski definition) is 4. The Bertz CT molecular complexity index is 3050. The van der Waals surface area contributed by atoms with Gasteiger partial charge in [-0.3, -0.25) is 5.32 Å². The molecule has 54 heavy (non-hydrogen) atoms. The maximum atomic E-state index is 5.40. The van der Waals surface area contributed by atoms with Crippen molar-refractivity contribution in [3.63, 3.8) is 0 Å². The molecule has 0 spiro atoms. The van der Waals surface area contributed by atoms with Gasteiger partial charge in [-0.15, -0.1) is 11.3 Å². The third-order valence-corrected chi connectivity index (χ3v) is 11.9. The van der Waals surface area contributed by atoms with Crippen molar-refractivity contribution in [2.24, 2.45) is 0 Å². The first-order valence-corrected chi connectivity index (χ1v) is 19.3. The lowest BCUT2D eigenvalue weighted by Gasteiger charge is -2.33. The molecule has 2 unspecified atom stereocenters. The standard InChI is InChI=1S/C49H34N4S/c1-4-12-31(13-5-1)41-30-42(32-14-6-2-7-15-32)51-48(50-41)35-22-25-38-34(28-35)21-20-33-24-27-45-47(46(33)38)52-49(54-45)36-23-26-40-39-18-10-11-19-43(39)53(44(40)29-36)37-16-8-3-9-17-37/h1-30,41,48,50-51H. The van der Waals surface area contributed by atoms with Crippen LogP contribution in [0.2, 0.25) is 0 Å². The van der Waals surface area contributed by atoms with Crippen molar-refractivity contribution in [1.82, 2.24) is 20.2 Å². The molecule has 256 valence electrons. The van der Waals surface area contributed by atoms with Gasteiger partial charge in [-0.1, -0.05) is 140 Å². The second kappa shape index (κ2) is 12.6. The van der Waals surface area contributed by atoms with Crippen LogP contribution in [0.5, 0.6) is 0 Å². The van der Waals surface area contributed by atoms with Gasteiger partial charge in [0.1, 0.15) is 11.2 Å². The van der Waals surface area contributed by atoms with E-state index in [2.05, 4.69) is 197 Å². The van der Waals surface area contributed by atoms with Gasteiger partial charge in [0, 0.05) is 33.1 Å². The zero-order chi connectivity index (χ0) is 35.6. The number of nitrogens with zero attached hydrogens (tertiary/aromatic N) is 2. The summed E-state index contributed by atoms with van der Waals surface area (Å²) in [5, 5.41) is 16.0. The number of aromatic nitrogens is 2. The first kappa shape index (κ1) is 31.0. The van der Waals surface area contributed by atoms with Crippen LogP contribution >= 0.6 is 11.3 Å². The lowest BCUT2D eigenvalue weighted by Crippen LogP contribution is -2.39. The molecule has 1 aliphatic rings. The van der Waals surface area contributed by atoms with Gasteiger partial charge in [0.15, 0.2) is 0 Å². The van der Waals surface area contributed by atoms with Crippen molar-refractivity contribution in [3.05, 3.63) is 199 Å². The molecule has 4 nitrogen and oxygen atoms in total. The molecule has 2 atom stereocenters. The fraction of sp³-hybridized carbons (Fsp3) is 0.0408. The highest BCUT2D eigenvalue weighted by molar-refractivity contribution is 7.21. The number of para-hydroxylation sites is 2. The van der Waals surface area contributed by atoms with Gasteiger partial charge in [-0.25, -0.2) is 4.98 Å². The Kier molecular flexibility index (Phi) is 7.22. The summed E-state index contributed by atoms with van der Waals surface area (Å²) in [6.45, 7) is 0. The van der Waals surface area contributed by atoms with E-state index in [0.717, 1.165) is 27.5 Å². The Labute approximate surface area is 316 Å². The van der Waals surface area contributed by atoms with E-state index in [1.165, 1.54) is 64.7 Å². The summed E-state index contributed by atoms with van der Waals surface area (Å²) in [5.74, 6) is 0. The Morgan fingerprint density at radius 3 is 2.09 bits per heavy atom. The number of nitrogens with one attached hydrogen (secondary N) is 2. The van der Waals surface area contributed by atoms with Crippen LogP contribution in [0.3, 0.4) is 0 Å². The van der Waals surface area contributed by atoms with Crippen LogP contribution in [-0.2, 0) is 0 Å². The maximum Gasteiger partial charge on any atom is 0.124 e. The number of rotatable bonds is 5. The van der Waals surface area contributed by atoms with Crippen LogP contribution in [0.1, 0.15) is 28.9 Å². The average Bonchev–Trinajstić information content (AvgIpc) is 3.84. The summed E-state index contributed by atoms with van der Waals surface area (Å²) in [5.41, 5.74) is 10.5. The van der Waals surface area contributed by atoms with E-state index < -0.39 is 0 Å². The Hall–Kier alpha value is -6.53. The molecule has 1 aliphatic heterocycles. The number of thiazole rings is 1. The Morgan fingerprint density at radius 1 is 0.537 bits per heavy atom. The summed E-state index contributed by atoms with van der Waals surface area (Å²) < 4.78 is 3.57. The minimum absolute atomic E-state index is 0.0705. The SMILES string of the molecule is C1=C(c2ccccc2)NC(c2ccc3c(ccc4ccc5sc(-c6ccc7c8ccccc8n(-c8ccccc8)c7c6)nc5c43)c2)NC1c1ccccc1. The summed E-state index contributed by atoms with van der Waals surface area (Å²) in [7, 11) is 0. The second-order valence-corrected chi connectivity index (χ2v) is 15.1. The van der Waals surface area contributed by atoms with Crippen molar-refractivity contribution >= 4 is 70.6 Å². The zero-order valence-corrected chi connectivity index (χ0v) is 30.1. The monoisotopic (exact) mass is 710 g/mol. The van der Waals surface area contributed by atoms with E-state index in [4.69, 9.17) is 4.98 Å². The van der Waals surface area contributed by atoms with E-state index in [0.29, 0.717) is 0 Å². The molecular formula is C49H34N4S. The number of hydrogen-bond donors (Lipinski definition) is 2. The first-order chi connectivity index (χ1) is 26.7. The van der Waals surface area contributed by atoms with Gasteiger partial charge >= 0.3 is 0 Å². The molecule has 2 aromatic heterocycles. The van der Waals surface area contributed by atoms with Crippen molar-refractivity contribution < 1.29 is 0 Å². The van der Waals surface area contributed by atoms with Crippen LogP contribution in [0.25, 0.3) is 75.5 Å². The molecule has 0 bridgehead atoms. The van der Waals surface area contributed by atoms with Gasteiger partial charge in [0.25, 0.3) is 0 Å². The van der Waals surface area contributed by atoms with E-state index in [-0.39, 0.29) is 12.2 Å². The Balaban J connectivity index is 1.01. The lowest BCUT2D eigenvalue weighted by atomic mass is 9.96. The molecule has 0 saturated heterocycles. The molecule has 0 radical (unpaired) electrons. The highest BCUT2D eigenvalue weighted by Crippen LogP contribution is 2.41. The molecule has 2 N–H and O–H groups in total. The minimum Gasteiger partial charge on any atom is -0.366 e. The van der Waals surface area contributed by atoms with Crippen molar-refractivity contribution in [3.8, 4) is 16.3 Å². The predicted molar refractivity (Wildman–Crippen MR) is 227 cm³/mol. The summed E-state index contributed by atoms with van der Waals surface area (Å²) in [6, 6.07) is 63.4. The third kappa shape index (κ3) is 5.12. The fourth-order valence-corrected chi connectivity index (χ4v) is 9.26. The zero-order valence-electron chi connectivity index (χ0n) is 29.3. The molecule has 0 saturated carbocycles. The lowest BCUT2D eigenvalue weighted by molar-refractivity contribution is 0.443. The largest absolute Gasteiger partial charge is 0.366 e. The first-order valence-electron chi connectivity index (χ1n) is 18.4. The van der Waals surface area contributed by atoms with Crippen molar-refractivity contribution in [2.45, 2.75) is 12.2 Å². The highest BCUT2D eigenvalue weighted by atomic mass is 32.1. The normalized spacial score (nSPS) is 16.0. The molecule has 8 aromatic carbocycles. The molecular weight excluding hydrogens is 677 g/mol. The van der Waals surface area contributed by atoms with Crippen LogP contribution in [-0.4, -0.2) is 9.55 Å². The molecule has 11 rings (SSSR count). The van der Waals surface area contributed by atoms with Gasteiger partial charge in [-0.2, -0.15) is 0 Å². The van der Waals surface area contributed by atoms with Gasteiger partial charge in [0.05, 0.1) is 27.3 Å². The molecule has 0 aliphatic carbocycles. The molecule has 0 fully saturated rings. The maximum absolute atomic E-state index is 5.40. The highest BCUT2D eigenvalue weighted by Gasteiger charge is 2.25. The molecule has 10 aromatic rings. The van der Waals surface area contributed by atoms with Gasteiger partial charge < -0.3 is 9.88 Å². The van der Waals surface area contributed by atoms with E-state index in [1.807, 2.05) is 0 Å². The van der Waals surface area contributed by atoms with E-state index >= 15 is 0 Å². The van der Waals surface area contributed by atoms with Gasteiger partial charge in [0.2, 0.25) is 0 Å². The summed E-state index contributed by atoms with van der Waals surface area (Å²) in [6.07, 6.45) is 2.23. The van der Waals surface area contributed by atoms with Crippen LogP contribution in [0.15, 0.2) is 182 Å². The third-order valence-electron chi connectivity index (χ3n) is 10.9. The summed E-state index contributed by atoms with van der Waals surface area (Å²) in [4.78, 5) is 5.40. The average molecular weight is 711 g/mol. The second-order valence-electron chi connectivity index (χ2n) is 14.1.